The Kier molecular flexibility index (Phi) is 3.10. The van der Waals surface area contributed by atoms with Gasteiger partial charge in [0.1, 0.15) is 0 Å². The Hall–Kier alpha value is -3.12. The molecule has 0 heterocycles. The molecule has 0 saturated heterocycles. The first-order valence-electron chi connectivity index (χ1n) is 10.8. The Balaban J connectivity index is 1.47. The number of fused-ring (bicyclic) bond motifs is 9. The highest BCUT2D eigenvalue weighted by Gasteiger charge is 2.43. The molecule has 0 aliphatic heterocycles. The molecule has 4 aromatic rings. The lowest BCUT2D eigenvalue weighted by atomic mass is 9.87. The third-order valence-corrected chi connectivity index (χ3v) is 7.51. The highest BCUT2D eigenvalue weighted by molar-refractivity contribution is 5.85. The van der Waals surface area contributed by atoms with Crippen molar-refractivity contribution in [2.24, 2.45) is 5.92 Å². The number of benzene rings is 4. The molecule has 0 spiro atoms. The molecular weight excluding hydrogens is 348 g/mol. The monoisotopic (exact) mass is 370 g/mol. The summed E-state index contributed by atoms with van der Waals surface area (Å²) < 4.78 is 0. The minimum atomic E-state index is 0.362. The molecule has 7 rings (SSSR count). The van der Waals surface area contributed by atoms with Crippen LogP contribution < -0.4 is 0 Å². The number of hydrogen-bond donors (Lipinski definition) is 0. The molecule has 3 atom stereocenters. The largest absolute Gasteiger partial charge is 0.0622 e. The lowest BCUT2D eigenvalue weighted by Crippen LogP contribution is -2.02. The maximum Gasteiger partial charge on any atom is 0.0352 e. The predicted molar refractivity (Wildman–Crippen MR) is 118 cm³/mol. The standard InChI is InChI=1S/C29H22/c1-2-8-18(9-3-1)27-22-12-6-7-13-23(22)29-25(27)15-14-24-26(29)17-20-16-19-10-4-5-11-21(19)28(20)24/h1-15,20,27-28H,16-17H2. The minimum Gasteiger partial charge on any atom is -0.0622 e. The third kappa shape index (κ3) is 2.04. The van der Waals surface area contributed by atoms with Crippen LogP contribution in [0, 0.1) is 5.92 Å². The molecule has 3 unspecified atom stereocenters. The second kappa shape index (κ2) is 5.70. The van der Waals surface area contributed by atoms with E-state index in [-0.39, 0.29) is 0 Å². The molecule has 3 aliphatic rings. The van der Waals surface area contributed by atoms with Crippen molar-refractivity contribution < 1.29 is 0 Å². The van der Waals surface area contributed by atoms with Gasteiger partial charge in [-0.05, 0) is 68.8 Å². The molecule has 0 fully saturated rings. The van der Waals surface area contributed by atoms with Crippen LogP contribution in [0.4, 0.5) is 0 Å². The van der Waals surface area contributed by atoms with Crippen molar-refractivity contribution in [2.75, 3.05) is 0 Å². The minimum absolute atomic E-state index is 0.362. The van der Waals surface area contributed by atoms with Crippen LogP contribution in [0.15, 0.2) is 91.0 Å². The average Bonchev–Trinajstić information content (AvgIpc) is 3.41. The van der Waals surface area contributed by atoms with E-state index in [9.17, 15) is 0 Å². The second-order valence-corrected chi connectivity index (χ2v) is 8.87. The highest BCUT2D eigenvalue weighted by atomic mass is 14.5. The molecule has 0 amide bonds. The van der Waals surface area contributed by atoms with E-state index in [1.54, 1.807) is 27.8 Å². The summed E-state index contributed by atoms with van der Waals surface area (Å²) >= 11 is 0. The van der Waals surface area contributed by atoms with Crippen molar-refractivity contribution in [3.05, 3.63) is 130 Å². The highest BCUT2D eigenvalue weighted by Crippen LogP contribution is 2.57. The Morgan fingerprint density at radius 3 is 2.17 bits per heavy atom. The first-order valence-corrected chi connectivity index (χ1v) is 10.8. The predicted octanol–water partition coefficient (Wildman–Crippen LogP) is 6.71. The van der Waals surface area contributed by atoms with Gasteiger partial charge in [0, 0.05) is 11.8 Å². The Morgan fingerprint density at radius 2 is 1.28 bits per heavy atom. The van der Waals surface area contributed by atoms with E-state index in [1.165, 1.54) is 35.1 Å². The summed E-state index contributed by atoms with van der Waals surface area (Å²) in [5.41, 5.74) is 13.7. The van der Waals surface area contributed by atoms with Gasteiger partial charge in [-0.2, -0.15) is 0 Å². The van der Waals surface area contributed by atoms with Gasteiger partial charge < -0.3 is 0 Å². The smallest absolute Gasteiger partial charge is 0.0352 e. The first kappa shape index (κ1) is 15.8. The summed E-state index contributed by atoms with van der Waals surface area (Å²) in [7, 11) is 0. The van der Waals surface area contributed by atoms with Crippen molar-refractivity contribution >= 4 is 0 Å². The van der Waals surface area contributed by atoms with Crippen molar-refractivity contribution in [1.29, 1.82) is 0 Å². The molecule has 0 aromatic heterocycles. The van der Waals surface area contributed by atoms with Gasteiger partial charge in [0.25, 0.3) is 0 Å². The molecule has 0 heteroatoms. The Bertz CT molecular complexity index is 1260. The van der Waals surface area contributed by atoms with E-state index in [0.29, 0.717) is 11.8 Å². The van der Waals surface area contributed by atoms with Crippen LogP contribution in [0.2, 0.25) is 0 Å². The number of rotatable bonds is 1. The van der Waals surface area contributed by atoms with Gasteiger partial charge in [-0.25, -0.2) is 0 Å². The van der Waals surface area contributed by atoms with Crippen LogP contribution in [0.5, 0.6) is 0 Å². The van der Waals surface area contributed by atoms with Gasteiger partial charge in [-0.15, -0.1) is 0 Å². The topological polar surface area (TPSA) is 0 Å². The fourth-order valence-corrected chi connectivity index (χ4v) is 6.45. The zero-order valence-corrected chi connectivity index (χ0v) is 16.3. The van der Waals surface area contributed by atoms with E-state index in [1.807, 2.05) is 0 Å². The van der Waals surface area contributed by atoms with E-state index < -0.39 is 0 Å². The summed E-state index contributed by atoms with van der Waals surface area (Å²) in [6.07, 6.45) is 2.45. The van der Waals surface area contributed by atoms with Crippen LogP contribution >= 0.6 is 0 Å². The van der Waals surface area contributed by atoms with Crippen molar-refractivity contribution in [3.63, 3.8) is 0 Å². The molecule has 0 bridgehead atoms. The van der Waals surface area contributed by atoms with Gasteiger partial charge >= 0.3 is 0 Å². The maximum atomic E-state index is 2.46. The van der Waals surface area contributed by atoms with E-state index in [2.05, 4.69) is 91.0 Å². The lowest BCUT2D eigenvalue weighted by molar-refractivity contribution is 0.546. The van der Waals surface area contributed by atoms with Crippen LogP contribution in [0.3, 0.4) is 0 Å². The van der Waals surface area contributed by atoms with E-state index in [0.717, 1.165) is 5.92 Å². The van der Waals surface area contributed by atoms with Gasteiger partial charge in [-0.3, -0.25) is 0 Å². The molecular formula is C29H22. The summed E-state index contributed by atoms with van der Waals surface area (Å²) in [6.45, 7) is 0. The Morgan fingerprint density at radius 1 is 0.552 bits per heavy atom. The van der Waals surface area contributed by atoms with Gasteiger partial charge in [0.05, 0.1) is 0 Å². The average molecular weight is 370 g/mol. The normalized spacial score (nSPS) is 22.6. The van der Waals surface area contributed by atoms with Gasteiger partial charge in [-0.1, -0.05) is 91.0 Å². The Labute approximate surface area is 171 Å². The maximum absolute atomic E-state index is 2.46. The molecule has 0 saturated carbocycles. The van der Waals surface area contributed by atoms with Crippen molar-refractivity contribution in [2.45, 2.75) is 24.7 Å². The lowest BCUT2D eigenvalue weighted by Gasteiger charge is -2.16. The molecule has 0 N–H and O–H groups in total. The third-order valence-electron chi connectivity index (χ3n) is 7.51. The fourth-order valence-electron chi connectivity index (χ4n) is 6.45. The van der Waals surface area contributed by atoms with Crippen LogP contribution in [0.25, 0.3) is 11.1 Å². The van der Waals surface area contributed by atoms with E-state index >= 15 is 0 Å². The summed E-state index contributed by atoms with van der Waals surface area (Å²) in [6, 6.07) is 34.1. The number of hydrogen-bond acceptors (Lipinski definition) is 0. The van der Waals surface area contributed by atoms with Gasteiger partial charge in [0.15, 0.2) is 0 Å². The molecule has 0 radical (unpaired) electrons. The first-order chi connectivity index (χ1) is 14.4. The quantitative estimate of drug-likeness (QED) is 0.308. The van der Waals surface area contributed by atoms with Crippen LogP contribution in [0.1, 0.15) is 50.8 Å². The summed E-state index contributed by atoms with van der Waals surface area (Å²) in [5, 5.41) is 0. The van der Waals surface area contributed by atoms with Crippen molar-refractivity contribution in [3.8, 4) is 11.1 Å². The van der Waals surface area contributed by atoms with Crippen molar-refractivity contribution in [1.82, 2.24) is 0 Å². The van der Waals surface area contributed by atoms with E-state index in [4.69, 9.17) is 0 Å². The fraction of sp³-hybridized carbons (Fsp3) is 0.172. The summed E-state index contributed by atoms with van der Waals surface area (Å²) in [5.74, 6) is 1.69. The molecule has 138 valence electrons. The zero-order valence-electron chi connectivity index (χ0n) is 16.3. The molecule has 3 aliphatic carbocycles. The van der Waals surface area contributed by atoms with Gasteiger partial charge in [0.2, 0.25) is 0 Å². The second-order valence-electron chi connectivity index (χ2n) is 8.87. The molecule has 29 heavy (non-hydrogen) atoms. The molecule has 0 nitrogen and oxygen atoms in total. The molecule has 4 aromatic carbocycles. The van der Waals surface area contributed by atoms with Crippen LogP contribution in [-0.2, 0) is 12.8 Å². The SMILES string of the molecule is c1ccc(C2c3ccccc3-c3c2ccc2c3CC3Cc4ccccc4C23)cc1. The zero-order chi connectivity index (χ0) is 18.9. The summed E-state index contributed by atoms with van der Waals surface area (Å²) in [4.78, 5) is 0. The van der Waals surface area contributed by atoms with Crippen LogP contribution in [-0.4, -0.2) is 0 Å².